The molecule has 19 heavy (non-hydrogen) atoms. The Labute approximate surface area is 113 Å². The summed E-state index contributed by atoms with van der Waals surface area (Å²) in [6.45, 7) is 4.77. The quantitative estimate of drug-likeness (QED) is 0.899. The highest BCUT2D eigenvalue weighted by molar-refractivity contribution is 5.79. The standard InChI is InChI=1S/C16H19NO2/c1-10-3-4-12-9-13(5-6-15(12)17-10)16(18)14-7-8-19-11(14)2/h3-6,9,11,14,16,18H,7-8H2,1-2H3. The van der Waals surface area contributed by atoms with Crippen LogP contribution in [0.25, 0.3) is 10.9 Å². The summed E-state index contributed by atoms with van der Waals surface area (Å²) in [5.41, 5.74) is 2.95. The van der Waals surface area contributed by atoms with E-state index in [0.29, 0.717) is 0 Å². The molecular weight excluding hydrogens is 238 g/mol. The normalized spacial score (nSPS) is 24.8. The van der Waals surface area contributed by atoms with E-state index in [9.17, 15) is 5.11 Å². The van der Waals surface area contributed by atoms with Crippen molar-refractivity contribution in [1.82, 2.24) is 4.98 Å². The predicted octanol–water partition coefficient (Wildman–Crippen LogP) is 3.00. The summed E-state index contributed by atoms with van der Waals surface area (Å²) in [4.78, 5) is 4.48. The van der Waals surface area contributed by atoms with Crippen LogP contribution < -0.4 is 0 Å². The monoisotopic (exact) mass is 257 g/mol. The predicted molar refractivity (Wildman–Crippen MR) is 75.0 cm³/mol. The summed E-state index contributed by atoms with van der Waals surface area (Å²) in [6, 6.07) is 10.1. The Morgan fingerprint density at radius 1 is 1.32 bits per heavy atom. The fourth-order valence-electron chi connectivity index (χ4n) is 2.84. The Bertz CT molecular complexity index is 596. The van der Waals surface area contributed by atoms with Crippen LogP contribution in [0.2, 0.25) is 0 Å². The van der Waals surface area contributed by atoms with Crippen LogP contribution in [0.1, 0.15) is 30.7 Å². The second kappa shape index (κ2) is 4.91. The first-order chi connectivity index (χ1) is 9.15. The van der Waals surface area contributed by atoms with Crippen LogP contribution in [0.3, 0.4) is 0 Å². The molecule has 0 radical (unpaired) electrons. The van der Waals surface area contributed by atoms with Crippen molar-refractivity contribution < 1.29 is 9.84 Å². The van der Waals surface area contributed by atoms with Gasteiger partial charge in [-0.05, 0) is 44.0 Å². The molecule has 0 saturated carbocycles. The van der Waals surface area contributed by atoms with E-state index in [4.69, 9.17) is 4.74 Å². The van der Waals surface area contributed by atoms with Gasteiger partial charge in [0.1, 0.15) is 0 Å². The first-order valence-corrected chi connectivity index (χ1v) is 6.82. The van der Waals surface area contributed by atoms with Crippen LogP contribution in [0.4, 0.5) is 0 Å². The van der Waals surface area contributed by atoms with Gasteiger partial charge in [0.15, 0.2) is 0 Å². The van der Waals surface area contributed by atoms with Crippen molar-refractivity contribution in [3.8, 4) is 0 Å². The molecule has 1 saturated heterocycles. The number of ether oxygens (including phenoxy) is 1. The van der Waals surface area contributed by atoms with E-state index in [-0.39, 0.29) is 12.0 Å². The van der Waals surface area contributed by atoms with Gasteiger partial charge < -0.3 is 9.84 Å². The lowest BCUT2D eigenvalue weighted by atomic mass is 9.90. The highest BCUT2D eigenvalue weighted by Crippen LogP contribution is 2.34. The lowest BCUT2D eigenvalue weighted by Gasteiger charge is -2.21. The third kappa shape index (κ3) is 2.36. The van der Waals surface area contributed by atoms with E-state index in [1.54, 1.807) is 0 Å². The Balaban J connectivity index is 1.94. The summed E-state index contributed by atoms with van der Waals surface area (Å²) in [5, 5.41) is 11.6. The minimum Gasteiger partial charge on any atom is -0.388 e. The van der Waals surface area contributed by atoms with Crippen molar-refractivity contribution in [1.29, 1.82) is 0 Å². The van der Waals surface area contributed by atoms with Crippen molar-refractivity contribution in [2.45, 2.75) is 32.5 Å². The zero-order valence-electron chi connectivity index (χ0n) is 11.3. The number of rotatable bonds is 2. The molecule has 2 heterocycles. The van der Waals surface area contributed by atoms with Crippen LogP contribution in [-0.2, 0) is 4.74 Å². The number of aliphatic hydroxyl groups excluding tert-OH is 1. The molecule has 3 unspecified atom stereocenters. The molecule has 1 fully saturated rings. The van der Waals surface area contributed by atoms with E-state index in [1.807, 2.05) is 38.1 Å². The van der Waals surface area contributed by atoms with Crippen LogP contribution >= 0.6 is 0 Å². The lowest BCUT2D eigenvalue weighted by Crippen LogP contribution is -2.19. The van der Waals surface area contributed by atoms with Gasteiger partial charge >= 0.3 is 0 Å². The van der Waals surface area contributed by atoms with Crippen LogP contribution in [-0.4, -0.2) is 22.8 Å². The molecule has 3 nitrogen and oxygen atoms in total. The van der Waals surface area contributed by atoms with Crippen molar-refractivity contribution in [3.05, 3.63) is 41.6 Å². The largest absolute Gasteiger partial charge is 0.388 e. The minimum absolute atomic E-state index is 0.127. The fraction of sp³-hybridized carbons (Fsp3) is 0.438. The maximum Gasteiger partial charge on any atom is 0.0843 e. The third-order valence-corrected chi connectivity index (χ3v) is 4.03. The number of fused-ring (bicyclic) bond motifs is 1. The van der Waals surface area contributed by atoms with E-state index in [1.165, 1.54) is 0 Å². The first-order valence-electron chi connectivity index (χ1n) is 6.82. The van der Waals surface area contributed by atoms with Crippen molar-refractivity contribution >= 4 is 10.9 Å². The van der Waals surface area contributed by atoms with Gasteiger partial charge in [-0.3, -0.25) is 4.98 Å². The van der Waals surface area contributed by atoms with Gasteiger partial charge in [0, 0.05) is 23.6 Å². The summed E-state index contributed by atoms with van der Waals surface area (Å²) in [5.74, 6) is 0.191. The number of benzene rings is 1. The molecule has 0 amide bonds. The second-order valence-electron chi connectivity index (χ2n) is 5.38. The Morgan fingerprint density at radius 3 is 2.89 bits per heavy atom. The summed E-state index contributed by atoms with van der Waals surface area (Å²) in [7, 11) is 0. The minimum atomic E-state index is -0.455. The SMILES string of the molecule is Cc1ccc2cc(C(O)C3CCOC3C)ccc2n1. The molecule has 1 aliphatic heterocycles. The third-order valence-electron chi connectivity index (χ3n) is 4.03. The number of pyridine rings is 1. The zero-order valence-corrected chi connectivity index (χ0v) is 11.3. The molecule has 3 rings (SSSR count). The van der Waals surface area contributed by atoms with E-state index >= 15 is 0 Å². The van der Waals surface area contributed by atoms with E-state index < -0.39 is 6.10 Å². The molecule has 0 spiro atoms. The molecule has 3 heteroatoms. The molecule has 3 atom stereocenters. The van der Waals surface area contributed by atoms with Gasteiger partial charge in [-0.1, -0.05) is 12.1 Å². The Morgan fingerprint density at radius 2 is 2.16 bits per heavy atom. The number of aliphatic hydroxyl groups is 1. The smallest absolute Gasteiger partial charge is 0.0843 e. The van der Waals surface area contributed by atoms with E-state index in [0.717, 1.165) is 35.2 Å². The molecule has 2 aromatic rings. The maximum absolute atomic E-state index is 10.5. The molecule has 1 aromatic carbocycles. The average Bonchev–Trinajstić information content (AvgIpc) is 2.83. The maximum atomic E-state index is 10.5. The average molecular weight is 257 g/mol. The number of hydrogen-bond donors (Lipinski definition) is 1. The van der Waals surface area contributed by atoms with Gasteiger partial charge in [0.25, 0.3) is 0 Å². The van der Waals surface area contributed by atoms with Crippen molar-refractivity contribution in [2.75, 3.05) is 6.61 Å². The summed E-state index contributed by atoms with van der Waals surface area (Å²) < 4.78 is 5.54. The van der Waals surface area contributed by atoms with Crippen LogP contribution in [0.15, 0.2) is 30.3 Å². The highest BCUT2D eigenvalue weighted by atomic mass is 16.5. The van der Waals surface area contributed by atoms with Gasteiger partial charge in [-0.15, -0.1) is 0 Å². The zero-order chi connectivity index (χ0) is 13.4. The molecule has 100 valence electrons. The van der Waals surface area contributed by atoms with E-state index in [2.05, 4.69) is 11.1 Å². The van der Waals surface area contributed by atoms with Gasteiger partial charge in [-0.2, -0.15) is 0 Å². The Hall–Kier alpha value is -1.45. The van der Waals surface area contributed by atoms with Crippen molar-refractivity contribution in [2.24, 2.45) is 5.92 Å². The molecule has 1 N–H and O–H groups in total. The second-order valence-corrected chi connectivity index (χ2v) is 5.38. The van der Waals surface area contributed by atoms with Crippen molar-refractivity contribution in [3.63, 3.8) is 0 Å². The summed E-state index contributed by atoms with van der Waals surface area (Å²) in [6.07, 6.45) is 0.594. The topological polar surface area (TPSA) is 42.4 Å². The number of nitrogens with zero attached hydrogens (tertiary/aromatic N) is 1. The summed E-state index contributed by atoms with van der Waals surface area (Å²) >= 11 is 0. The lowest BCUT2D eigenvalue weighted by molar-refractivity contribution is 0.0432. The first kappa shape index (κ1) is 12.6. The van der Waals surface area contributed by atoms with Crippen LogP contribution in [0, 0.1) is 12.8 Å². The Kier molecular flexibility index (Phi) is 3.25. The molecule has 1 aliphatic rings. The molecule has 0 bridgehead atoms. The van der Waals surface area contributed by atoms with Crippen LogP contribution in [0.5, 0.6) is 0 Å². The number of aromatic nitrogens is 1. The van der Waals surface area contributed by atoms with Gasteiger partial charge in [0.05, 0.1) is 17.7 Å². The molecular formula is C16H19NO2. The molecule has 0 aliphatic carbocycles. The van der Waals surface area contributed by atoms with Gasteiger partial charge in [0.2, 0.25) is 0 Å². The highest BCUT2D eigenvalue weighted by Gasteiger charge is 2.31. The van der Waals surface area contributed by atoms with Gasteiger partial charge in [-0.25, -0.2) is 0 Å². The number of hydrogen-bond acceptors (Lipinski definition) is 3. The number of aryl methyl sites for hydroxylation is 1. The molecule has 1 aromatic heterocycles. The fourth-order valence-corrected chi connectivity index (χ4v) is 2.84.